The second kappa shape index (κ2) is 4.58. The van der Waals surface area contributed by atoms with Gasteiger partial charge in [0.2, 0.25) is 5.91 Å². The van der Waals surface area contributed by atoms with Crippen LogP contribution in [0.15, 0.2) is 12.1 Å². The average Bonchev–Trinajstić information content (AvgIpc) is 3.00. The highest BCUT2D eigenvalue weighted by Gasteiger charge is 2.34. The van der Waals surface area contributed by atoms with Gasteiger partial charge >= 0.3 is 0 Å². The van der Waals surface area contributed by atoms with Crippen LogP contribution in [0.3, 0.4) is 0 Å². The van der Waals surface area contributed by atoms with Crippen LogP contribution < -0.4 is 5.32 Å². The minimum atomic E-state index is -0.905. The Balaban J connectivity index is 2.02. The lowest BCUT2D eigenvalue weighted by Crippen LogP contribution is -2.19. The first-order chi connectivity index (χ1) is 9.08. The van der Waals surface area contributed by atoms with E-state index < -0.39 is 11.9 Å². The summed E-state index contributed by atoms with van der Waals surface area (Å²) in [4.78, 5) is 11.7. The fraction of sp³-hybridized carbons (Fsp3) is 0.500. The van der Waals surface area contributed by atoms with Crippen molar-refractivity contribution in [3.63, 3.8) is 0 Å². The number of carbonyl (C=O) groups is 1. The number of rotatable bonds is 2. The molecular formula is C14H16FNO3. The van der Waals surface area contributed by atoms with Gasteiger partial charge in [0.05, 0.1) is 17.7 Å². The summed E-state index contributed by atoms with van der Waals surface area (Å²) in [6.45, 7) is 2.34. The molecule has 1 saturated heterocycles. The first-order valence-electron chi connectivity index (χ1n) is 6.52. The minimum absolute atomic E-state index is 0.165. The van der Waals surface area contributed by atoms with Gasteiger partial charge in [-0.1, -0.05) is 0 Å². The Morgan fingerprint density at radius 2 is 2.32 bits per heavy atom. The number of aliphatic hydroxyl groups is 1. The van der Waals surface area contributed by atoms with Gasteiger partial charge in [-0.15, -0.1) is 0 Å². The van der Waals surface area contributed by atoms with Gasteiger partial charge in [-0.2, -0.15) is 0 Å². The maximum atomic E-state index is 13.7. The number of carbonyl (C=O) groups excluding carboxylic acids is 1. The van der Waals surface area contributed by atoms with E-state index >= 15 is 0 Å². The van der Waals surface area contributed by atoms with Crippen LogP contribution in [0.1, 0.15) is 42.9 Å². The van der Waals surface area contributed by atoms with Crippen molar-refractivity contribution in [3.8, 4) is 0 Å². The van der Waals surface area contributed by atoms with Gasteiger partial charge in [-0.3, -0.25) is 4.79 Å². The summed E-state index contributed by atoms with van der Waals surface area (Å²) >= 11 is 0. The fourth-order valence-electron chi connectivity index (χ4n) is 2.79. The molecule has 2 aliphatic rings. The fourth-order valence-corrected chi connectivity index (χ4v) is 2.79. The smallest absolute Gasteiger partial charge is 0.231 e. The Morgan fingerprint density at radius 1 is 1.53 bits per heavy atom. The normalized spacial score (nSPS) is 27.2. The number of anilines is 1. The Labute approximate surface area is 110 Å². The zero-order valence-corrected chi connectivity index (χ0v) is 10.6. The molecule has 5 heteroatoms. The third kappa shape index (κ3) is 2.03. The molecule has 102 valence electrons. The highest BCUT2D eigenvalue weighted by molar-refractivity contribution is 6.03. The molecule has 2 heterocycles. The van der Waals surface area contributed by atoms with Crippen LogP contribution in [-0.2, 0) is 9.53 Å². The van der Waals surface area contributed by atoms with Gasteiger partial charge in [-0.25, -0.2) is 4.39 Å². The van der Waals surface area contributed by atoms with Gasteiger partial charge in [0.15, 0.2) is 0 Å². The molecule has 2 aliphatic heterocycles. The molecule has 0 radical (unpaired) electrons. The Bertz CT molecular complexity index is 526. The molecule has 0 bridgehead atoms. The predicted molar refractivity (Wildman–Crippen MR) is 67.4 cm³/mol. The number of hydrogen-bond acceptors (Lipinski definition) is 3. The molecular weight excluding hydrogens is 249 g/mol. The molecule has 3 atom stereocenters. The van der Waals surface area contributed by atoms with Crippen molar-refractivity contribution < 1.29 is 19.0 Å². The quantitative estimate of drug-likeness (QED) is 0.861. The standard InChI is InChI=1S/C14H16FNO3/c1-7-9-5-8(15)6-10(12(9)16-14(7)18)13(17)11-3-2-4-19-11/h5-7,11,13,17H,2-4H2,1H3,(H,16,18). The Morgan fingerprint density at radius 3 is 3.00 bits per heavy atom. The summed E-state index contributed by atoms with van der Waals surface area (Å²) in [7, 11) is 0. The number of benzene rings is 1. The summed E-state index contributed by atoms with van der Waals surface area (Å²) in [5.74, 6) is -0.989. The number of halogens is 1. The van der Waals surface area contributed by atoms with Crippen LogP contribution in [0.5, 0.6) is 0 Å². The molecule has 0 aliphatic carbocycles. The van der Waals surface area contributed by atoms with Crippen LogP contribution in [0, 0.1) is 5.82 Å². The molecule has 0 spiro atoms. The van der Waals surface area contributed by atoms with E-state index in [1.165, 1.54) is 12.1 Å². The molecule has 1 fully saturated rings. The number of aliphatic hydroxyl groups excluding tert-OH is 1. The second-order valence-electron chi connectivity index (χ2n) is 5.17. The first-order valence-corrected chi connectivity index (χ1v) is 6.52. The topological polar surface area (TPSA) is 58.6 Å². The average molecular weight is 265 g/mol. The van der Waals surface area contributed by atoms with E-state index in [1.807, 2.05) is 0 Å². The molecule has 0 aromatic heterocycles. The van der Waals surface area contributed by atoms with Crippen molar-refractivity contribution in [1.29, 1.82) is 0 Å². The van der Waals surface area contributed by atoms with Crippen LogP contribution in [0.4, 0.5) is 10.1 Å². The molecule has 4 nitrogen and oxygen atoms in total. The lowest BCUT2D eigenvalue weighted by atomic mass is 9.95. The molecule has 1 aromatic rings. The van der Waals surface area contributed by atoms with Crippen LogP contribution in [-0.4, -0.2) is 23.7 Å². The highest BCUT2D eigenvalue weighted by atomic mass is 19.1. The molecule has 0 saturated carbocycles. The van der Waals surface area contributed by atoms with E-state index in [-0.39, 0.29) is 17.9 Å². The number of fused-ring (bicyclic) bond motifs is 1. The van der Waals surface area contributed by atoms with Crippen molar-refractivity contribution in [1.82, 2.24) is 0 Å². The van der Waals surface area contributed by atoms with Crippen molar-refractivity contribution in [2.24, 2.45) is 0 Å². The molecule has 3 rings (SSSR count). The Kier molecular flexibility index (Phi) is 3.03. The van der Waals surface area contributed by atoms with E-state index in [9.17, 15) is 14.3 Å². The first kappa shape index (κ1) is 12.6. The minimum Gasteiger partial charge on any atom is -0.386 e. The van der Waals surface area contributed by atoms with E-state index in [4.69, 9.17) is 4.74 Å². The Hall–Kier alpha value is -1.46. The van der Waals surface area contributed by atoms with E-state index in [1.54, 1.807) is 6.92 Å². The molecule has 1 amide bonds. The zero-order chi connectivity index (χ0) is 13.6. The second-order valence-corrected chi connectivity index (χ2v) is 5.17. The van der Waals surface area contributed by atoms with Gasteiger partial charge < -0.3 is 15.2 Å². The molecule has 2 N–H and O–H groups in total. The monoisotopic (exact) mass is 265 g/mol. The van der Waals surface area contributed by atoms with Crippen LogP contribution in [0.2, 0.25) is 0 Å². The summed E-state index contributed by atoms with van der Waals surface area (Å²) in [6, 6.07) is 2.63. The van der Waals surface area contributed by atoms with E-state index in [2.05, 4.69) is 5.32 Å². The number of amides is 1. The highest BCUT2D eigenvalue weighted by Crippen LogP contribution is 2.40. The van der Waals surface area contributed by atoms with Gasteiger partial charge in [0.25, 0.3) is 0 Å². The molecule has 3 unspecified atom stereocenters. The van der Waals surface area contributed by atoms with Gasteiger partial charge in [0, 0.05) is 12.2 Å². The predicted octanol–water partition coefficient (Wildman–Crippen LogP) is 2.09. The third-order valence-corrected chi connectivity index (χ3v) is 3.91. The summed E-state index contributed by atoms with van der Waals surface area (Å²) in [5.41, 5.74) is 1.57. The van der Waals surface area contributed by atoms with Crippen LogP contribution >= 0.6 is 0 Å². The molecule has 1 aromatic carbocycles. The maximum Gasteiger partial charge on any atom is 0.231 e. The van der Waals surface area contributed by atoms with Gasteiger partial charge in [-0.05, 0) is 37.5 Å². The SMILES string of the molecule is CC1C(=O)Nc2c1cc(F)cc2C(O)C1CCCO1. The lowest BCUT2D eigenvalue weighted by Gasteiger charge is -2.20. The number of hydrogen-bond donors (Lipinski definition) is 2. The van der Waals surface area contributed by atoms with Crippen molar-refractivity contribution in [3.05, 3.63) is 29.1 Å². The maximum absolute atomic E-state index is 13.7. The van der Waals surface area contributed by atoms with Crippen LogP contribution in [0.25, 0.3) is 0 Å². The van der Waals surface area contributed by atoms with Gasteiger partial charge in [0.1, 0.15) is 11.9 Å². The summed E-state index contributed by atoms with van der Waals surface area (Å²) in [5, 5.41) is 13.1. The zero-order valence-electron chi connectivity index (χ0n) is 10.6. The van der Waals surface area contributed by atoms with E-state index in [0.29, 0.717) is 23.4 Å². The van der Waals surface area contributed by atoms with Crippen molar-refractivity contribution in [2.45, 2.75) is 37.9 Å². The largest absolute Gasteiger partial charge is 0.386 e. The third-order valence-electron chi connectivity index (χ3n) is 3.91. The van der Waals surface area contributed by atoms with Crippen molar-refractivity contribution in [2.75, 3.05) is 11.9 Å². The molecule has 19 heavy (non-hydrogen) atoms. The van der Waals surface area contributed by atoms with E-state index in [0.717, 1.165) is 12.8 Å². The number of nitrogens with one attached hydrogen (secondary N) is 1. The summed E-state index contributed by atoms with van der Waals surface area (Å²) in [6.07, 6.45) is 0.411. The lowest BCUT2D eigenvalue weighted by molar-refractivity contribution is -0.116. The summed E-state index contributed by atoms with van der Waals surface area (Å²) < 4.78 is 19.1. The number of ether oxygens (including phenoxy) is 1. The van der Waals surface area contributed by atoms with Crippen molar-refractivity contribution >= 4 is 11.6 Å².